The standard InChI is InChI=1S/C13H8ClNO2/c14-10-7-9(11-4-2-6-17-11)13(16)12-8(10)3-1-5-15-12/h1-7,16H. The molecule has 84 valence electrons. The first-order valence-electron chi connectivity index (χ1n) is 5.07. The molecule has 0 bridgehead atoms. The van der Waals surface area contributed by atoms with Crippen LogP contribution in [0, 0.1) is 0 Å². The van der Waals surface area contributed by atoms with Crippen molar-refractivity contribution in [2.24, 2.45) is 0 Å². The predicted octanol–water partition coefficient (Wildman–Crippen LogP) is 3.85. The quantitative estimate of drug-likeness (QED) is 0.708. The number of hydrogen-bond acceptors (Lipinski definition) is 3. The third kappa shape index (κ3) is 1.56. The monoisotopic (exact) mass is 245 g/mol. The number of aromatic nitrogens is 1. The van der Waals surface area contributed by atoms with E-state index in [2.05, 4.69) is 4.98 Å². The average molecular weight is 246 g/mol. The van der Waals surface area contributed by atoms with Gasteiger partial charge < -0.3 is 9.52 Å². The molecule has 0 unspecified atom stereocenters. The van der Waals surface area contributed by atoms with Crippen molar-refractivity contribution < 1.29 is 9.52 Å². The Labute approximate surface area is 102 Å². The molecule has 4 heteroatoms. The van der Waals surface area contributed by atoms with Gasteiger partial charge in [-0.05, 0) is 30.3 Å². The van der Waals surface area contributed by atoms with Crippen LogP contribution in [0.15, 0.2) is 47.2 Å². The van der Waals surface area contributed by atoms with Gasteiger partial charge in [0.2, 0.25) is 0 Å². The lowest BCUT2D eigenvalue weighted by Crippen LogP contribution is -1.84. The van der Waals surface area contributed by atoms with Gasteiger partial charge in [0.25, 0.3) is 0 Å². The van der Waals surface area contributed by atoms with Crippen LogP contribution in [0.3, 0.4) is 0 Å². The van der Waals surface area contributed by atoms with Crippen molar-refractivity contribution in [3.05, 3.63) is 47.8 Å². The minimum atomic E-state index is 0.0833. The highest BCUT2D eigenvalue weighted by Crippen LogP contribution is 2.38. The summed E-state index contributed by atoms with van der Waals surface area (Å²) in [6.07, 6.45) is 3.16. The predicted molar refractivity (Wildman–Crippen MR) is 66.1 cm³/mol. The summed E-state index contributed by atoms with van der Waals surface area (Å²) in [6, 6.07) is 8.79. The van der Waals surface area contributed by atoms with Gasteiger partial charge in [0.15, 0.2) is 5.75 Å². The van der Waals surface area contributed by atoms with Gasteiger partial charge in [0, 0.05) is 11.6 Å². The van der Waals surface area contributed by atoms with E-state index >= 15 is 0 Å². The maximum Gasteiger partial charge on any atom is 0.152 e. The average Bonchev–Trinajstić information content (AvgIpc) is 2.87. The summed E-state index contributed by atoms with van der Waals surface area (Å²) in [5.74, 6) is 0.650. The summed E-state index contributed by atoms with van der Waals surface area (Å²) in [6.45, 7) is 0. The minimum Gasteiger partial charge on any atom is -0.505 e. The van der Waals surface area contributed by atoms with Gasteiger partial charge in [-0.2, -0.15) is 0 Å². The summed E-state index contributed by atoms with van der Waals surface area (Å²) >= 11 is 6.16. The van der Waals surface area contributed by atoms with Crippen LogP contribution in [0.25, 0.3) is 22.2 Å². The molecule has 1 N–H and O–H groups in total. The molecule has 0 amide bonds. The first-order chi connectivity index (χ1) is 8.27. The summed E-state index contributed by atoms with van der Waals surface area (Å²) in [7, 11) is 0. The normalized spacial score (nSPS) is 10.9. The van der Waals surface area contributed by atoms with Crippen LogP contribution < -0.4 is 0 Å². The molecular formula is C13H8ClNO2. The minimum absolute atomic E-state index is 0.0833. The zero-order valence-corrected chi connectivity index (χ0v) is 9.48. The van der Waals surface area contributed by atoms with Crippen molar-refractivity contribution >= 4 is 22.5 Å². The van der Waals surface area contributed by atoms with E-state index in [1.807, 2.05) is 6.07 Å². The lowest BCUT2D eigenvalue weighted by molar-refractivity contribution is 0.478. The summed E-state index contributed by atoms with van der Waals surface area (Å²) < 4.78 is 5.26. The molecule has 2 aromatic heterocycles. The van der Waals surface area contributed by atoms with Crippen LogP contribution in [0.2, 0.25) is 5.02 Å². The molecule has 0 atom stereocenters. The second-order valence-electron chi connectivity index (χ2n) is 3.63. The number of fused-ring (bicyclic) bond motifs is 1. The highest BCUT2D eigenvalue weighted by molar-refractivity contribution is 6.36. The Morgan fingerprint density at radius 3 is 2.88 bits per heavy atom. The Hall–Kier alpha value is -2.00. The van der Waals surface area contributed by atoms with E-state index in [9.17, 15) is 5.11 Å². The Morgan fingerprint density at radius 2 is 2.12 bits per heavy atom. The van der Waals surface area contributed by atoms with Crippen LogP contribution in [-0.4, -0.2) is 10.1 Å². The maximum atomic E-state index is 10.2. The molecule has 0 aliphatic rings. The van der Waals surface area contributed by atoms with Gasteiger partial charge in [-0.1, -0.05) is 11.6 Å². The molecule has 2 heterocycles. The zero-order chi connectivity index (χ0) is 11.8. The van der Waals surface area contributed by atoms with E-state index in [1.54, 1.807) is 36.7 Å². The number of aromatic hydroxyl groups is 1. The molecule has 0 saturated heterocycles. The second-order valence-corrected chi connectivity index (χ2v) is 4.04. The molecule has 3 aromatic rings. The second kappa shape index (κ2) is 3.79. The van der Waals surface area contributed by atoms with E-state index in [1.165, 1.54) is 0 Å². The smallest absolute Gasteiger partial charge is 0.152 e. The fourth-order valence-electron chi connectivity index (χ4n) is 1.81. The zero-order valence-electron chi connectivity index (χ0n) is 8.72. The Kier molecular flexibility index (Phi) is 2.27. The van der Waals surface area contributed by atoms with Crippen molar-refractivity contribution in [2.75, 3.05) is 0 Å². The molecule has 17 heavy (non-hydrogen) atoms. The third-order valence-corrected chi connectivity index (χ3v) is 2.91. The van der Waals surface area contributed by atoms with Gasteiger partial charge in [-0.15, -0.1) is 0 Å². The Bertz CT molecular complexity index is 677. The number of pyridine rings is 1. The number of phenolic OH excluding ortho intramolecular Hbond substituents is 1. The molecule has 0 fully saturated rings. The first kappa shape index (κ1) is 10.2. The van der Waals surface area contributed by atoms with Crippen molar-refractivity contribution in [2.45, 2.75) is 0 Å². The summed E-state index contributed by atoms with van der Waals surface area (Å²) in [5.41, 5.74) is 1.03. The van der Waals surface area contributed by atoms with Crippen molar-refractivity contribution in [1.82, 2.24) is 4.98 Å². The van der Waals surface area contributed by atoms with E-state index < -0.39 is 0 Å². The Balaban J connectivity index is 2.39. The molecule has 3 rings (SSSR count). The molecule has 3 nitrogen and oxygen atoms in total. The summed E-state index contributed by atoms with van der Waals surface area (Å²) in [5, 5.41) is 11.4. The number of hydrogen-bond donors (Lipinski definition) is 1. The van der Waals surface area contributed by atoms with Crippen LogP contribution in [-0.2, 0) is 0 Å². The first-order valence-corrected chi connectivity index (χ1v) is 5.45. The van der Waals surface area contributed by atoms with Crippen LogP contribution in [0.5, 0.6) is 5.75 Å². The highest BCUT2D eigenvalue weighted by atomic mass is 35.5. The third-order valence-electron chi connectivity index (χ3n) is 2.60. The molecule has 0 aliphatic carbocycles. The topological polar surface area (TPSA) is 46.3 Å². The van der Waals surface area contributed by atoms with E-state index in [4.69, 9.17) is 16.0 Å². The number of nitrogens with zero attached hydrogens (tertiary/aromatic N) is 1. The SMILES string of the molecule is Oc1c(-c2ccco2)cc(Cl)c2cccnc12. The van der Waals surface area contributed by atoms with Crippen molar-refractivity contribution in [3.63, 3.8) is 0 Å². The number of benzene rings is 1. The van der Waals surface area contributed by atoms with Gasteiger partial charge >= 0.3 is 0 Å². The number of rotatable bonds is 1. The van der Waals surface area contributed by atoms with E-state index in [0.29, 0.717) is 21.9 Å². The summed E-state index contributed by atoms with van der Waals surface area (Å²) in [4.78, 5) is 4.14. The molecule has 1 aromatic carbocycles. The van der Waals surface area contributed by atoms with E-state index in [-0.39, 0.29) is 5.75 Å². The van der Waals surface area contributed by atoms with Gasteiger partial charge in [0.1, 0.15) is 11.3 Å². The van der Waals surface area contributed by atoms with Gasteiger partial charge in [0.05, 0.1) is 16.8 Å². The molecule has 0 radical (unpaired) electrons. The number of phenols is 1. The Morgan fingerprint density at radius 1 is 1.24 bits per heavy atom. The van der Waals surface area contributed by atoms with Crippen molar-refractivity contribution in [1.29, 1.82) is 0 Å². The van der Waals surface area contributed by atoms with E-state index in [0.717, 1.165) is 5.39 Å². The van der Waals surface area contributed by atoms with Crippen LogP contribution >= 0.6 is 11.6 Å². The van der Waals surface area contributed by atoms with Gasteiger partial charge in [-0.25, -0.2) is 0 Å². The van der Waals surface area contributed by atoms with Crippen LogP contribution in [0.1, 0.15) is 0 Å². The number of halogens is 1. The van der Waals surface area contributed by atoms with Crippen molar-refractivity contribution in [3.8, 4) is 17.1 Å². The molecule has 0 aliphatic heterocycles. The van der Waals surface area contributed by atoms with Crippen LogP contribution in [0.4, 0.5) is 0 Å². The lowest BCUT2D eigenvalue weighted by atomic mass is 10.1. The largest absolute Gasteiger partial charge is 0.505 e. The fourth-order valence-corrected chi connectivity index (χ4v) is 2.07. The fraction of sp³-hybridized carbons (Fsp3) is 0. The highest BCUT2D eigenvalue weighted by Gasteiger charge is 2.14. The molecule has 0 saturated carbocycles. The number of furan rings is 1. The maximum absolute atomic E-state index is 10.2. The van der Waals surface area contributed by atoms with Gasteiger partial charge in [-0.3, -0.25) is 4.98 Å². The molecular weight excluding hydrogens is 238 g/mol. The molecule has 0 spiro atoms. The lowest BCUT2D eigenvalue weighted by Gasteiger charge is -2.06.